The Balaban J connectivity index is 2.15. The van der Waals surface area contributed by atoms with Crippen LogP contribution in [0.5, 0.6) is 0 Å². The highest BCUT2D eigenvalue weighted by atomic mass is 19.1. The summed E-state index contributed by atoms with van der Waals surface area (Å²) in [5.74, 6) is -4.73. The van der Waals surface area contributed by atoms with Crippen molar-refractivity contribution in [2.75, 3.05) is 6.54 Å². The first-order chi connectivity index (χ1) is 9.38. The average Bonchev–Trinajstić information content (AvgIpc) is 2.61. The first-order valence-electron chi connectivity index (χ1n) is 5.88. The monoisotopic (exact) mass is 283 g/mol. The zero-order valence-corrected chi connectivity index (χ0v) is 10.3. The summed E-state index contributed by atoms with van der Waals surface area (Å²) >= 11 is 0. The second-order valence-electron chi connectivity index (χ2n) is 4.55. The number of imide groups is 1. The maximum Gasteiger partial charge on any atom is 0.323 e. The molecule has 2 rings (SSSR count). The number of rotatable bonds is 4. The van der Waals surface area contributed by atoms with Gasteiger partial charge in [0.2, 0.25) is 11.8 Å². The van der Waals surface area contributed by atoms with Crippen molar-refractivity contribution in [3.05, 3.63) is 35.4 Å². The summed E-state index contributed by atoms with van der Waals surface area (Å²) in [6, 6.07) is 2.87. The fourth-order valence-electron chi connectivity index (χ4n) is 2.18. The molecule has 5 nitrogen and oxygen atoms in total. The Labute approximate surface area is 112 Å². The number of halogens is 2. The van der Waals surface area contributed by atoms with Crippen molar-refractivity contribution >= 4 is 17.8 Å². The number of benzene rings is 1. The zero-order chi connectivity index (χ0) is 14.9. The average molecular weight is 283 g/mol. The minimum Gasteiger partial charge on any atom is -0.480 e. The van der Waals surface area contributed by atoms with Crippen molar-refractivity contribution in [1.29, 1.82) is 0 Å². The van der Waals surface area contributed by atoms with Gasteiger partial charge in [0, 0.05) is 6.42 Å². The van der Waals surface area contributed by atoms with Crippen LogP contribution in [0.3, 0.4) is 0 Å². The van der Waals surface area contributed by atoms with Crippen LogP contribution < -0.4 is 0 Å². The summed E-state index contributed by atoms with van der Waals surface area (Å²) in [5, 5.41) is 8.61. The third-order valence-corrected chi connectivity index (χ3v) is 3.10. The molecular weight excluding hydrogens is 272 g/mol. The molecule has 1 unspecified atom stereocenters. The van der Waals surface area contributed by atoms with Gasteiger partial charge in [-0.2, -0.15) is 0 Å². The molecule has 0 saturated carbocycles. The minimum atomic E-state index is -1.30. The maximum atomic E-state index is 13.5. The van der Waals surface area contributed by atoms with Crippen LogP contribution in [0.4, 0.5) is 8.78 Å². The molecule has 0 aliphatic carbocycles. The fourth-order valence-corrected chi connectivity index (χ4v) is 2.18. The first kappa shape index (κ1) is 14.1. The van der Waals surface area contributed by atoms with Crippen LogP contribution in [0.1, 0.15) is 12.0 Å². The molecule has 0 spiro atoms. The van der Waals surface area contributed by atoms with E-state index in [-0.39, 0.29) is 18.4 Å². The number of hydrogen-bond acceptors (Lipinski definition) is 3. The summed E-state index contributed by atoms with van der Waals surface area (Å²) in [7, 11) is 0. The smallest absolute Gasteiger partial charge is 0.323 e. The molecule has 7 heteroatoms. The van der Waals surface area contributed by atoms with Gasteiger partial charge >= 0.3 is 5.97 Å². The highest BCUT2D eigenvalue weighted by Gasteiger charge is 2.39. The van der Waals surface area contributed by atoms with Gasteiger partial charge in [0.15, 0.2) is 0 Å². The van der Waals surface area contributed by atoms with Crippen LogP contribution in [0.25, 0.3) is 0 Å². The second-order valence-corrected chi connectivity index (χ2v) is 4.55. The Morgan fingerprint density at radius 3 is 2.70 bits per heavy atom. The predicted octanol–water partition coefficient (Wildman–Crippen LogP) is 0.967. The Bertz CT molecular complexity index is 588. The van der Waals surface area contributed by atoms with Gasteiger partial charge in [0.1, 0.15) is 18.2 Å². The molecule has 1 fully saturated rings. The molecule has 1 aromatic rings. The number of likely N-dealkylation sites (tertiary alicyclic amines) is 1. The summed E-state index contributed by atoms with van der Waals surface area (Å²) in [6.07, 6.45) is -0.327. The molecule has 0 aromatic heterocycles. The summed E-state index contributed by atoms with van der Waals surface area (Å²) < 4.78 is 26.5. The van der Waals surface area contributed by atoms with E-state index in [1.807, 2.05) is 0 Å². The molecule has 106 valence electrons. The summed E-state index contributed by atoms with van der Waals surface area (Å²) in [4.78, 5) is 34.6. The molecule has 1 saturated heterocycles. The van der Waals surface area contributed by atoms with Gasteiger partial charge in [0.05, 0.1) is 5.92 Å². The molecule has 1 aliphatic rings. The van der Waals surface area contributed by atoms with Crippen LogP contribution in [0.2, 0.25) is 0 Å². The molecule has 1 heterocycles. The minimum absolute atomic E-state index is 0.00618. The van der Waals surface area contributed by atoms with Gasteiger partial charge in [0.25, 0.3) is 0 Å². The SMILES string of the molecule is O=C(O)CN1C(=O)CC(Cc2cc(F)ccc2F)C1=O. The third-order valence-electron chi connectivity index (χ3n) is 3.10. The normalized spacial score (nSPS) is 18.7. The number of amides is 2. The van der Waals surface area contributed by atoms with Crippen molar-refractivity contribution in [3.63, 3.8) is 0 Å². The molecular formula is C13H11F2NO4. The number of carboxylic acid groups (broad SMARTS) is 1. The van der Waals surface area contributed by atoms with Crippen molar-refractivity contribution < 1.29 is 28.3 Å². The van der Waals surface area contributed by atoms with Gasteiger partial charge in [-0.3, -0.25) is 19.3 Å². The highest BCUT2D eigenvalue weighted by molar-refractivity contribution is 6.05. The Morgan fingerprint density at radius 1 is 1.35 bits per heavy atom. The Morgan fingerprint density at radius 2 is 2.05 bits per heavy atom. The second kappa shape index (κ2) is 5.36. The van der Waals surface area contributed by atoms with E-state index in [0.717, 1.165) is 18.2 Å². The molecule has 1 aromatic carbocycles. The fraction of sp³-hybridized carbons (Fsp3) is 0.308. The number of carbonyl (C=O) groups is 3. The van der Waals surface area contributed by atoms with Crippen molar-refractivity contribution in [3.8, 4) is 0 Å². The van der Waals surface area contributed by atoms with E-state index in [9.17, 15) is 23.2 Å². The number of nitrogens with zero attached hydrogens (tertiary/aromatic N) is 1. The molecule has 2 amide bonds. The molecule has 1 N–H and O–H groups in total. The van der Waals surface area contributed by atoms with Crippen LogP contribution in [-0.2, 0) is 20.8 Å². The molecule has 1 atom stereocenters. The number of carbonyl (C=O) groups excluding carboxylic acids is 2. The largest absolute Gasteiger partial charge is 0.480 e. The lowest BCUT2D eigenvalue weighted by molar-refractivity contribution is -0.149. The summed E-state index contributed by atoms with van der Waals surface area (Å²) in [5.41, 5.74) is -0.00618. The van der Waals surface area contributed by atoms with E-state index in [0.29, 0.717) is 4.90 Å². The van der Waals surface area contributed by atoms with Crippen LogP contribution in [0, 0.1) is 17.6 Å². The van der Waals surface area contributed by atoms with Crippen LogP contribution in [0.15, 0.2) is 18.2 Å². The number of aliphatic carboxylic acids is 1. The first-order valence-corrected chi connectivity index (χ1v) is 5.88. The molecule has 1 aliphatic heterocycles. The zero-order valence-electron chi connectivity index (χ0n) is 10.3. The lowest BCUT2D eigenvalue weighted by atomic mass is 9.97. The Hall–Kier alpha value is -2.31. The van der Waals surface area contributed by atoms with E-state index < -0.39 is 41.9 Å². The molecule has 0 radical (unpaired) electrons. The van der Waals surface area contributed by atoms with Gasteiger partial charge < -0.3 is 5.11 Å². The lowest BCUT2D eigenvalue weighted by Crippen LogP contribution is -2.35. The molecule has 0 bridgehead atoms. The highest BCUT2D eigenvalue weighted by Crippen LogP contribution is 2.24. The predicted molar refractivity (Wildman–Crippen MR) is 62.5 cm³/mol. The van der Waals surface area contributed by atoms with Gasteiger partial charge in [-0.15, -0.1) is 0 Å². The van der Waals surface area contributed by atoms with E-state index in [2.05, 4.69) is 0 Å². The quantitative estimate of drug-likeness (QED) is 0.835. The van der Waals surface area contributed by atoms with Crippen molar-refractivity contribution in [2.45, 2.75) is 12.8 Å². The lowest BCUT2D eigenvalue weighted by Gasteiger charge is -2.12. The summed E-state index contributed by atoms with van der Waals surface area (Å²) in [6.45, 7) is -0.709. The van der Waals surface area contributed by atoms with E-state index in [4.69, 9.17) is 5.11 Å². The van der Waals surface area contributed by atoms with Gasteiger partial charge in [-0.25, -0.2) is 8.78 Å². The topological polar surface area (TPSA) is 74.7 Å². The maximum absolute atomic E-state index is 13.5. The van der Waals surface area contributed by atoms with E-state index in [1.165, 1.54) is 0 Å². The van der Waals surface area contributed by atoms with Crippen molar-refractivity contribution in [1.82, 2.24) is 4.90 Å². The van der Waals surface area contributed by atoms with Crippen LogP contribution >= 0.6 is 0 Å². The van der Waals surface area contributed by atoms with E-state index >= 15 is 0 Å². The van der Waals surface area contributed by atoms with E-state index in [1.54, 1.807) is 0 Å². The van der Waals surface area contributed by atoms with Gasteiger partial charge in [-0.05, 0) is 30.2 Å². The van der Waals surface area contributed by atoms with Gasteiger partial charge in [-0.1, -0.05) is 0 Å². The molecule has 20 heavy (non-hydrogen) atoms. The Kier molecular flexibility index (Phi) is 3.78. The third kappa shape index (κ3) is 2.81. The number of hydrogen-bond donors (Lipinski definition) is 1. The van der Waals surface area contributed by atoms with Crippen molar-refractivity contribution in [2.24, 2.45) is 5.92 Å². The standard InChI is InChI=1S/C13H11F2NO4/c14-9-1-2-10(15)7(4-9)3-8-5-11(17)16(13(8)20)6-12(18)19/h1-2,4,8H,3,5-6H2,(H,18,19). The number of carboxylic acids is 1. The van der Waals surface area contributed by atoms with Crippen LogP contribution in [-0.4, -0.2) is 34.3 Å².